The third-order valence-electron chi connectivity index (χ3n) is 4.41. The number of nitro benzene ring substituents is 1. The van der Waals surface area contributed by atoms with E-state index in [-0.39, 0.29) is 5.69 Å². The summed E-state index contributed by atoms with van der Waals surface area (Å²) >= 11 is 6.12. The lowest BCUT2D eigenvalue weighted by molar-refractivity contribution is -0.384. The first-order valence-electron chi connectivity index (χ1n) is 7.05. The van der Waals surface area contributed by atoms with E-state index >= 15 is 0 Å². The van der Waals surface area contributed by atoms with Crippen LogP contribution in [-0.2, 0) is 6.54 Å². The van der Waals surface area contributed by atoms with E-state index < -0.39 is 4.92 Å². The summed E-state index contributed by atoms with van der Waals surface area (Å²) < 4.78 is 0. The Kier molecular flexibility index (Phi) is 3.92. The summed E-state index contributed by atoms with van der Waals surface area (Å²) in [5, 5.41) is 14.7. The van der Waals surface area contributed by atoms with Crippen LogP contribution in [0.5, 0.6) is 0 Å². The van der Waals surface area contributed by atoms with Crippen LogP contribution in [0.1, 0.15) is 24.8 Å². The fraction of sp³-hybridized carbons (Fsp3) is 0.571. The topological polar surface area (TPSA) is 58.4 Å². The molecule has 2 aliphatic heterocycles. The second-order valence-corrected chi connectivity index (χ2v) is 5.96. The molecule has 108 valence electrons. The maximum absolute atomic E-state index is 10.7. The molecule has 0 aliphatic carbocycles. The Labute approximate surface area is 123 Å². The molecule has 2 aliphatic rings. The van der Waals surface area contributed by atoms with E-state index in [1.54, 1.807) is 6.07 Å². The number of hydrogen-bond donors (Lipinski definition) is 1. The van der Waals surface area contributed by atoms with Gasteiger partial charge < -0.3 is 5.32 Å². The van der Waals surface area contributed by atoms with Crippen LogP contribution in [0.25, 0.3) is 0 Å². The van der Waals surface area contributed by atoms with Crippen molar-refractivity contribution in [3.8, 4) is 0 Å². The van der Waals surface area contributed by atoms with E-state index in [4.69, 9.17) is 11.6 Å². The van der Waals surface area contributed by atoms with Crippen molar-refractivity contribution < 1.29 is 4.92 Å². The van der Waals surface area contributed by atoms with Gasteiger partial charge in [0.25, 0.3) is 5.69 Å². The van der Waals surface area contributed by atoms with Crippen LogP contribution < -0.4 is 5.32 Å². The zero-order chi connectivity index (χ0) is 14.1. The van der Waals surface area contributed by atoms with Gasteiger partial charge in [0, 0.05) is 37.3 Å². The van der Waals surface area contributed by atoms with Crippen molar-refractivity contribution >= 4 is 17.3 Å². The molecular weight excluding hydrogens is 278 g/mol. The van der Waals surface area contributed by atoms with Crippen molar-refractivity contribution in [3.63, 3.8) is 0 Å². The monoisotopic (exact) mass is 295 g/mol. The van der Waals surface area contributed by atoms with Crippen LogP contribution >= 0.6 is 11.6 Å². The molecule has 3 rings (SSSR count). The molecule has 5 nitrogen and oxygen atoms in total. The molecule has 2 heterocycles. The minimum absolute atomic E-state index is 0.0431. The molecule has 0 aromatic heterocycles. The highest BCUT2D eigenvalue weighted by atomic mass is 35.5. The molecule has 2 saturated heterocycles. The fourth-order valence-electron chi connectivity index (χ4n) is 3.35. The lowest BCUT2D eigenvalue weighted by Gasteiger charge is -2.21. The quantitative estimate of drug-likeness (QED) is 0.685. The van der Waals surface area contributed by atoms with Gasteiger partial charge >= 0.3 is 0 Å². The van der Waals surface area contributed by atoms with E-state index in [1.807, 2.05) is 0 Å². The van der Waals surface area contributed by atoms with Crippen LogP contribution in [0.4, 0.5) is 5.69 Å². The van der Waals surface area contributed by atoms with Crippen molar-refractivity contribution in [2.45, 2.75) is 37.9 Å². The van der Waals surface area contributed by atoms with Gasteiger partial charge in [-0.05, 0) is 37.4 Å². The highest BCUT2D eigenvalue weighted by Gasteiger charge is 2.36. The van der Waals surface area contributed by atoms with Gasteiger partial charge in [-0.2, -0.15) is 0 Å². The highest BCUT2D eigenvalue weighted by molar-refractivity contribution is 6.31. The van der Waals surface area contributed by atoms with Crippen molar-refractivity contribution in [2.24, 2.45) is 0 Å². The van der Waals surface area contributed by atoms with Gasteiger partial charge in [0.2, 0.25) is 0 Å². The molecule has 2 fully saturated rings. The molecule has 0 radical (unpaired) electrons. The van der Waals surface area contributed by atoms with Gasteiger partial charge in [0.05, 0.1) is 9.95 Å². The van der Waals surface area contributed by atoms with Gasteiger partial charge in [0.15, 0.2) is 0 Å². The van der Waals surface area contributed by atoms with Crippen molar-refractivity contribution in [3.05, 3.63) is 38.9 Å². The number of non-ortho nitro benzene ring substituents is 1. The summed E-state index contributed by atoms with van der Waals surface area (Å²) in [7, 11) is 0. The van der Waals surface area contributed by atoms with Crippen molar-refractivity contribution in [2.75, 3.05) is 13.1 Å². The van der Waals surface area contributed by atoms with Crippen LogP contribution in [-0.4, -0.2) is 35.0 Å². The van der Waals surface area contributed by atoms with Gasteiger partial charge in [-0.1, -0.05) is 11.6 Å². The lowest BCUT2D eigenvalue weighted by atomic mass is 10.1. The minimum atomic E-state index is -0.420. The molecule has 2 unspecified atom stereocenters. The van der Waals surface area contributed by atoms with Crippen molar-refractivity contribution in [1.82, 2.24) is 10.2 Å². The molecule has 1 N–H and O–H groups in total. The number of hydrogen-bond acceptors (Lipinski definition) is 4. The minimum Gasteiger partial charge on any atom is -0.308 e. The van der Waals surface area contributed by atoms with E-state index in [1.165, 1.54) is 44.5 Å². The molecule has 0 spiro atoms. The largest absolute Gasteiger partial charge is 0.308 e. The molecule has 2 atom stereocenters. The summed E-state index contributed by atoms with van der Waals surface area (Å²) in [6, 6.07) is 5.86. The van der Waals surface area contributed by atoms with E-state index in [2.05, 4.69) is 10.2 Å². The Balaban J connectivity index is 1.62. The lowest BCUT2D eigenvalue weighted by Crippen LogP contribution is -2.38. The molecule has 6 heteroatoms. The number of nitrogens with zero attached hydrogens (tertiary/aromatic N) is 2. The smallest absolute Gasteiger partial charge is 0.270 e. The molecule has 1 aromatic rings. The predicted octanol–water partition coefficient (Wildman–Crippen LogP) is 2.57. The standard InChI is InChI=1S/C14H18ClN3O2/c15-12-8-11(18(19)20)4-3-10(12)9-16-13-5-7-17-6-1-2-14(13)17/h3-4,8,13-14,16H,1-2,5-7,9H2. The molecular formula is C14H18ClN3O2. The first-order chi connectivity index (χ1) is 9.65. The average molecular weight is 296 g/mol. The third kappa shape index (κ3) is 2.66. The summed E-state index contributed by atoms with van der Waals surface area (Å²) in [4.78, 5) is 12.8. The second-order valence-electron chi connectivity index (χ2n) is 5.55. The molecule has 1 aromatic carbocycles. The number of rotatable bonds is 4. The molecule has 0 bridgehead atoms. The summed E-state index contributed by atoms with van der Waals surface area (Å²) in [6.07, 6.45) is 3.74. The van der Waals surface area contributed by atoms with Gasteiger partial charge in [0.1, 0.15) is 0 Å². The van der Waals surface area contributed by atoms with Crippen LogP contribution in [0.3, 0.4) is 0 Å². The fourth-order valence-corrected chi connectivity index (χ4v) is 3.60. The maximum atomic E-state index is 10.7. The van der Waals surface area contributed by atoms with Crippen LogP contribution in [0.2, 0.25) is 5.02 Å². The van der Waals surface area contributed by atoms with Crippen molar-refractivity contribution in [1.29, 1.82) is 0 Å². The molecule has 20 heavy (non-hydrogen) atoms. The average Bonchev–Trinajstić information content (AvgIpc) is 3.00. The summed E-state index contributed by atoms with van der Waals surface area (Å²) in [5.41, 5.74) is 0.968. The Morgan fingerprint density at radius 3 is 3.00 bits per heavy atom. The van der Waals surface area contributed by atoms with E-state index in [9.17, 15) is 10.1 Å². The zero-order valence-electron chi connectivity index (χ0n) is 11.2. The van der Waals surface area contributed by atoms with Gasteiger partial charge in [-0.25, -0.2) is 0 Å². The van der Waals surface area contributed by atoms with E-state index in [0.29, 0.717) is 23.7 Å². The Hall–Kier alpha value is -1.17. The number of fused-ring (bicyclic) bond motifs is 1. The second kappa shape index (κ2) is 5.68. The highest BCUT2D eigenvalue weighted by Crippen LogP contribution is 2.29. The van der Waals surface area contributed by atoms with Crippen LogP contribution in [0.15, 0.2) is 18.2 Å². The zero-order valence-corrected chi connectivity index (χ0v) is 12.0. The number of nitrogens with one attached hydrogen (secondary N) is 1. The third-order valence-corrected chi connectivity index (χ3v) is 4.76. The first kappa shape index (κ1) is 13.8. The number of nitro groups is 1. The summed E-state index contributed by atoms with van der Waals surface area (Å²) in [6.45, 7) is 3.07. The Morgan fingerprint density at radius 1 is 1.40 bits per heavy atom. The van der Waals surface area contributed by atoms with Crippen LogP contribution in [0, 0.1) is 10.1 Å². The van der Waals surface area contributed by atoms with Gasteiger partial charge in [-0.3, -0.25) is 15.0 Å². The first-order valence-corrected chi connectivity index (χ1v) is 7.43. The SMILES string of the molecule is O=[N+]([O-])c1ccc(CNC2CCN3CCCC23)c(Cl)c1. The number of benzene rings is 1. The van der Waals surface area contributed by atoms with E-state index in [0.717, 1.165) is 5.56 Å². The maximum Gasteiger partial charge on any atom is 0.270 e. The normalized spacial score (nSPS) is 25.9. The Morgan fingerprint density at radius 2 is 2.25 bits per heavy atom. The number of halogens is 1. The predicted molar refractivity (Wildman–Crippen MR) is 77.9 cm³/mol. The Bertz CT molecular complexity index is 523. The van der Waals surface area contributed by atoms with Gasteiger partial charge in [-0.15, -0.1) is 0 Å². The molecule has 0 amide bonds. The molecule has 0 saturated carbocycles. The summed E-state index contributed by atoms with van der Waals surface area (Å²) in [5.74, 6) is 0.